The summed E-state index contributed by atoms with van der Waals surface area (Å²) in [6.45, 7) is 1.67. The van der Waals surface area contributed by atoms with E-state index in [1.54, 1.807) is 25.3 Å². The highest BCUT2D eigenvalue weighted by Crippen LogP contribution is 2.33. The summed E-state index contributed by atoms with van der Waals surface area (Å²) < 4.78 is 15.3. The third kappa shape index (κ3) is 2.81. The number of fused-ring (bicyclic) bond motifs is 1. The number of hydrogen-bond acceptors (Lipinski definition) is 3. The lowest BCUT2D eigenvalue weighted by Gasteiger charge is -2.08. The van der Waals surface area contributed by atoms with Crippen molar-refractivity contribution in [1.29, 1.82) is 0 Å². The summed E-state index contributed by atoms with van der Waals surface area (Å²) in [5.74, 6) is -0.533. The van der Waals surface area contributed by atoms with E-state index in [0.29, 0.717) is 16.1 Å². The molecular weight excluding hydrogens is 337 g/mol. The first-order chi connectivity index (χ1) is 12.1. The molecule has 3 heterocycles. The standard InChI is InChI=1S/C19H14FN3OS/c1-12-11-13(6-7-15(12)20)22-18(24)17-16(23-9-2-3-10-23)14-5-4-8-21-19(14)25-17/h2-11H,1H3,(H,22,24). The number of thiophene rings is 1. The molecule has 0 aliphatic heterocycles. The highest BCUT2D eigenvalue weighted by molar-refractivity contribution is 7.21. The maximum atomic E-state index is 13.4. The summed E-state index contributed by atoms with van der Waals surface area (Å²) in [5, 5.41) is 3.77. The summed E-state index contributed by atoms with van der Waals surface area (Å²) in [6, 6.07) is 12.1. The Balaban J connectivity index is 1.79. The van der Waals surface area contributed by atoms with Crippen molar-refractivity contribution in [1.82, 2.24) is 9.55 Å². The minimum absolute atomic E-state index is 0.238. The lowest BCUT2D eigenvalue weighted by Crippen LogP contribution is -2.12. The summed E-state index contributed by atoms with van der Waals surface area (Å²) in [6.07, 6.45) is 5.50. The quantitative estimate of drug-likeness (QED) is 0.577. The van der Waals surface area contributed by atoms with Crippen LogP contribution in [0.15, 0.2) is 61.1 Å². The summed E-state index contributed by atoms with van der Waals surface area (Å²) in [7, 11) is 0. The topological polar surface area (TPSA) is 46.9 Å². The highest BCUT2D eigenvalue weighted by atomic mass is 32.1. The molecule has 1 N–H and O–H groups in total. The number of aromatic nitrogens is 2. The molecule has 0 radical (unpaired) electrons. The van der Waals surface area contributed by atoms with Gasteiger partial charge in [0.25, 0.3) is 5.91 Å². The fraction of sp³-hybridized carbons (Fsp3) is 0.0526. The first-order valence-corrected chi connectivity index (χ1v) is 8.53. The summed E-state index contributed by atoms with van der Waals surface area (Å²) in [5.41, 5.74) is 1.85. The third-order valence-corrected chi connectivity index (χ3v) is 5.03. The van der Waals surface area contributed by atoms with Gasteiger partial charge in [0.15, 0.2) is 0 Å². The molecule has 1 aromatic carbocycles. The van der Waals surface area contributed by atoms with Gasteiger partial charge in [-0.3, -0.25) is 4.79 Å². The zero-order valence-electron chi connectivity index (χ0n) is 13.4. The van der Waals surface area contributed by atoms with E-state index in [1.165, 1.54) is 17.4 Å². The average Bonchev–Trinajstić information content (AvgIpc) is 3.24. The Morgan fingerprint density at radius 3 is 2.76 bits per heavy atom. The van der Waals surface area contributed by atoms with Gasteiger partial charge in [-0.05, 0) is 55.0 Å². The number of nitrogens with zero attached hydrogens (tertiary/aromatic N) is 2. The lowest BCUT2D eigenvalue weighted by atomic mass is 10.2. The Morgan fingerprint density at radius 2 is 2.00 bits per heavy atom. The van der Waals surface area contributed by atoms with Gasteiger partial charge in [0.2, 0.25) is 0 Å². The predicted molar refractivity (Wildman–Crippen MR) is 98.0 cm³/mol. The van der Waals surface area contributed by atoms with Crippen molar-refractivity contribution in [2.45, 2.75) is 6.92 Å². The fourth-order valence-corrected chi connectivity index (χ4v) is 3.76. The molecule has 25 heavy (non-hydrogen) atoms. The Bertz CT molecular complexity index is 1070. The second-order valence-corrected chi connectivity index (χ2v) is 6.64. The van der Waals surface area contributed by atoms with E-state index >= 15 is 0 Å². The maximum Gasteiger partial charge on any atom is 0.267 e. The molecule has 1 amide bonds. The maximum absolute atomic E-state index is 13.4. The van der Waals surface area contributed by atoms with Crippen LogP contribution in [-0.2, 0) is 0 Å². The van der Waals surface area contributed by atoms with Crippen LogP contribution in [-0.4, -0.2) is 15.5 Å². The number of halogens is 1. The van der Waals surface area contributed by atoms with Gasteiger partial charge in [-0.2, -0.15) is 0 Å². The number of carbonyl (C=O) groups is 1. The Labute approximate surface area is 147 Å². The highest BCUT2D eigenvalue weighted by Gasteiger charge is 2.20. The van der Waals surface area contributed by atoms with Crippen LogP contribution >= 0.6 is 11.3 Å². The van der Waals surface area contributed by atoms with Crippen molar-refractivity contribution in [3.05, 3.63) is 77.3 Å². The van der Waals surface area contributed by atoms with Crippen LogP contribution in [0.5, 0.6) is 0 Å². The van der Waals surface area contributed by atoms with E-state index < -0.39 is 0 Å². The number of hydrogen-bond donors (Lipinski definition) is 1. The first kappa shape index (κ1) is 15.5. The average molecular weight is 351 g/mol. The van der Waals surface area contributed by atoms with Crippen LogP contribution < -0.4 is 5.32 Å². The number of pyridine rings is 1. The van der Waals surface area contributed by atoms with Crippen LogP contribution in [0.25, 0.3) is 15.9 Å². The zero-order chi connectivity index (χ0) is 17.4. The van der Waals surface area contributed by atoms with Gasteiger partial charge in [0, 0.05) is 29.7 Å². The Kier molecular flexibility index (Phi) is 3.82. The van der Waals surface area contributed by atoms with Gasteiger partial charge in [0.05, 0.1) is 5.69 Å². The van der Waals surface area contributed by atoms with E-state index in [0.717, 1.165) is 15.9 Å². The van der Waals surface area contributed by atoms with Crippen molar-refractivity contribution in [3.8, 4) is 5.69 Å². The van der Waals surface area contributed by atoms with Crippen molar-refractivity contribution >= 4 is 33.1 Å². The second-order valence-electron chi connectivity index (χ2n) is 5.64. The number of carbonyl (C=O) groups excluding carboxylic acids is 1. The number of rotatable bonds is 3. The molecule has 0 unspecified atom stereocenters. The molecule has 0 saturated carbocycles. The second kappa shape index (κ2) is 6.14. The molecule has 3 aromatic heterocycles. The van der Waals surface area contributed by atoms with E-state index in [9.17, 15) is 9.18 Å². The van der Waals surface area contributed by atoms with Crippen LogP contribution in [0.1, 0.15) is 15.2 Å². The molecule has 6 heteroatoms. The molecule has 124 valence electrons. The SMILES string of the molecule is Cc1cc(NC(=O)c2sc3ncccc3c2-n2cccc2)ccc1F. The Morgan fingerprint density at radius 1 is 1.20 bits per heavy atom. The molecule has 4 rings (SSSR count). The number of aryl methyl sites for hydroxylation is 1. The summed E-state index contributed by atoms with van der Waals surface area (Å²) >= 11 is 1.34. The molecule has 0 saturated heterocycles. The van der Waals surface area contributed by atoms with Crippen LogP contribution in [0, 0.1) is 12.7 Å². The Hall–Kier alpha value is -2.99. The molecule has 0 spiro atoms. The van der Waals surface area contributed by atoms with E-state index in [4.69, 9.17) is 0 Å². The zero-order valence-corrected chi connectivity index (χ0v) is 14.2. The normalized spacial score (nSPS) is 11.0. The summed E-state index contributed by atoms with van der Waals surface area (Å²) in [4.78, 5) is 18.6. The molecule has 0 aliphatic rings. The third-order valence-electron chi connectivity index (χ3n) is 3.92. The van der Waals surface area contributed by atoms with Crippen LogP contribution in [0.3, 0.4) is 0 Å². The fourth-order valence-electron chi connectivity index (χ4n) is 2.72. The van der Waals surface area contributed by atoms with Crippen molar-refractivity contribution in [2.24, 2.45) is 0 Å². The molecule has 0 bridgehead atoms. The smallest absolute Gasteiger partial charge is 0.267 e. The van der Waals surface area contributed by atoms with Gasteiger partial charge < -0.3 is 9.88 Å². The van der Waals surface area contributed by atoms with Gasteiger partial charge in [-0.1, -0.05) is 0 Å². The lowest BCUT2D eigenvalue weighted by molar-refractivity contribution is 0.103. The molecule has 0 aliphatic carbocycles. The number of amides is 1. The van der Waals surface area contributed by atoms with Gasteiger partial charge in [-0.15, -0.1) is 11.3 Å². The van der Waals surface area contributed by atoms with E-state index in [2.05, 4.69) is 10.3 Å². The molecule has 4 nitrogen and oxygen atoms in total. The van der Waals surface area contributed by atoms with Gasteiger partial charge in [0.1, 0.15) is 15.5 Å². The molecule has 4 aromatic rings. The number of benzene rings is 1. The number of anilines is 1. The molecular formula is C19H14FN3OS. The van der Waals surface area contributed by atoms with E-state index in [-0.39, 0.29) is 11.7 Å². The van der Waals surface area contributed by atoms with Crippen molar-refractivity contribution in [2.75, 3.05) is 5.32 Å². The first-order valence-electron chi connectivity index (χ1n) is 7.72. The molecule has 0 atom stereocenters. The molecule has 0 fully saturated rings. The van der Waals surface area contributed by atoms with Crippen LogP contribution in [0.4, 0.5) is 10.1 Å². The minimum Gasteiger partial charge on any atom is -0.322 e. The van der Waals surface area contributed by atoms with E-state index in [1.807, 2.05) is 41.2 Å². The van der Waals surface area contributed by atoms with Crippen molar-refractivity contribution in [3.63, 3.8) is 0 Å². The van der Waals surface area contributed by atoms with Gasteiger partial charge >= 0.3 is 0 Å². The monoisotopic (exact) mass is 351 g/mol. The predicted octanol–water partition coefficient (Wildman–Crippen LogP) is 4.79. The van der Waals surface area contributed by atoms with Crippen molar-refractivity contribution < 1.29 is 9.18 Å². The number of nitrogens with one attached hydrogen (secondary N) is 1. The minimum atomic E-state index is -0.294. The van der Waals surface area contributed by atoms with Gasteiger partial charge in [-0.25, -0.2) is 9.37 Å². The van der Waals surface area contributed by atoms with Crippen LogP contribution in [0.2, 0.25) is 0 Å². The largest absolute Gasteiger partial charge is 0.322 e.